The Morgan fingerprint density at radius 2 is 1.64 bits per heavy atom. The van der Waals surface area contributed by atoms with Crippen molar-refractivity contribution in [2.45, 2.75) is 84.0 Å². The smallest absolute Gasteiger partial charge is 0.416 e. The second-order valence-electron chi connectivity index (χ2n) is 13.5. The Hall–Kier alpha value is -3.41. The standard InChI is InChI=1S/C33H40F6N2O4/c1-19-28(20-12-22(32(34,35)36)14-23(13-20)33(37,38)39)45-29(42)41(19)17-21-16-30(2,3)11-10-25(21)26-15-24(8-9-27(26)44-7)40(6)18-31(4,5)43/h8-9,12-15,19,28,43H,10-11,16-18H2,1-7H3/t19-,28-/m0/s1. The van der Waals surface area contributed by atoms with E-state index in [1.807, 2.05) is 30.1 Å². The van der Waals surface area contributed by atoms with Crippen LogP contribution in [0.4, 0.5) is 36.8 Å². The number of alkyl halides is 6. The number of hydrogen-bond acceptors (Lipinski definition) is 5. The Balaban J connectivity index is 1.74. The van der Waals surface area contributed by atoms with Gasteiger partial charge in [-0.15, -0.1) is 0 Å². The first-order valence-electron chi connectivity index (χ1n) is 14.7. The molecule has 4 rings (SSSR count). The molecule has 0 spiro atoms. The van der Waals surface area contributed by atoms with Crippen molar-refractivity contribution in [2.24, 2.45) is 5.41 Å². The van der Waals surface area contributed by atoms with Gasteiger partial charge in [0.25, 0.3) is 0 Å². The molecular formula is C33H40F6N2O4. The molecular weight excluding hydrogens is 602 g/mol. The first-order valence-corrected chi connectivity index (χ1v) is 14.7. The lowest BCUT2D eigenvalue weighted by atomic mass is 9.72. The van der Waals surface area contributed by atoms with Crippen molar-refractivity contribution >= 4 is 17.4 Å². The zero-order chi connectivity index (χ0) is 33.7. The maximum absolute atomic E-state index is 13.6. The van der Waals surface area contributed by atoms with Crippen LogP contribution in [0, 0.1) is 5.41 Å². The van der Waals surface area contributed by atoms with Crippen LogP contribution in [0.5, 0.6) is 5.75 Å². The van der Waals surface area contributed by atoms with Crippen molar-refractivity contribution in [3.8, 4) is 5.75 Å². The number of nitrogens with zero attached hydrogens (tertiary/aromatic N) is 2. The molecule has 2 atom stereocenters. The monoisotopic (exact) mass is 642 g/mol. The molecule has 2 aromatic rings. The molecule has 0 bridgehead atoms. The molecule has 1 heterocycles. The fourth-order valence-corrected chi connectivity index (χ4v) is 6.24. The van der Waals surface area contributed by atoms with Crippen molar-refractivity contribution in [1.29, 1.82) is 0 Å². The van der Waals surface area contributed by atoms with Gasteiger partial charge in [0.2, 0.25) is 0 Å². The van der Waals surface area contributed by atoms with Crippen molar-refractivity contribution in [3.63, 3.8) is 0 Å². The molecule has 12 heteroatoms. The molecule has 1 amide bonds. The van der Waals surface area contributed by atoms with Crippen molar-refractivity contribution in [2.75, 3.05) is 32.1 Å². The van der Waals surface area contributed by atoms with Crippen LogP contribution in [0.25, 0.3) is 5.57 Å². The predicted molar refractivity (Wildman–Crippen MR) is 159 cm³/mol. The quantitative estimate of drug-likeness (QED) is 0.293. The van der Waals surface area contributed by atoms with Gasteiger partial charge in [0.05, 0.1) is 29.9 Å². The maximum atomic E-state index is 13.6. The zero-order valence-corrected chi connectivity index (χ0v) is 26.5. The molecule has 248 valence electrons. The summed E-state index contributed by atoms with van der Waals surface area (Å²) in [4.78, 5) is 16.5. The van der Waals surface area contributed by atoms with E-state index in [1.165, 1.54) is 4.90 Å². The number of aliphatic hydroxyl groups is 1. The van der Waals surface area contributed by atoms with Crippen LogP contribution >= 0.6 is 0 Å². The van der Waals surface area contributed by atoms with E-state index in [2.05, 4.69) is 13.8 Å². The van der Waals surface area contributed by atoms with Crippen LogP contribution < -0.4 is 9.64 Å². The number of halogens is 6. The number of allylic oxidation sites excluding steroid dienone is 1. The zero-order valence-electron chi connectivity index (χ0n) is 26.5. The van der Waals surface area contributed by atoms with Gasteiger partial charge in [-0.05, 0) is 98.6 Å². The summed E-state index contributed by atoms with van der Waals surface area (Å²) in [5, 5.41) is 10.4. The normalized spacial score (nSPS) is 20.8. The highest BCUT2D eigenvalue weighted by molar-refractivity contribution is 5.78. The third-order valence-electron chi connectivity index (χ3n) is 8.44. The SMILES string of the molecule is COc1ccc(N(C)CC(C)(C)O)cc1C1=C(CN2C(=O)O[C@H](c3cc(C(F)(F)F)cc(C(F)(F)F)c3)[C@@H]2C)CC(C)(C)CC1. The first-order chi connectivity index (χ1) is 20.6. The summed E-state index contributed by atoms with van der Waals surface area (Å²) in [5.74, 6) is 0.612. The van der Waals surface area contributed by atoms with E-state index in [1.54, 1.807) is 27.9 Å². The van der Waals surface area contributed by atoms with E-state index in [0.29, 0.717) is 37.3 Å². The number of likely N-dealkylation sites (N-methyl/N-ethyl adjacent to an activating group) is 1. The molecule has 0 unspecified atom stereocenters. The van der Waals surface area contributed by atoms with Crippen molar-refractivity contribution in [3.05, 3.63) is 64.2 Å². The minimum Gasteiger partial charge on any atom is -0.496 e. The van der Waals surface area contributed by atoms with E-state index >= 15 is 0 Å². The van der Waals surface area contributed by atoms with Gasteiger partial charge in [0.1, 0.15) is 11.9 Å². The summed E-state index contributed by atoms with van der Waals surface area (Å²) in [6.45, 7) is 9.63. The highest BCUT2D eigenvalue weighted by Gasteiger charge is 2.44. The Labute approximate surface area is 259 Å². The average Bonchev–Trinajstić information content (AvgIpc) is 3.18. The number of rotatable bonds is 8. The van der Waals surface area contributed by atoms with Crippen LogP contribution in [0.15, 0.2) is 42.0 Å². The van der Waals surface area contributed by atoms with E-state index < -0.39 is 47.3 Å². The Morgan fingerprint density at radius 1 is 1.04 bits per heavy atom. The van der Waals surface area contributed by atoms with Gasteiger partial charge in [0, 0.05) is 31.4 Å². The average molecular weight is 643 g/mol. The van der Waals surface area contributed by atoms with Gasteiger partial charge in [0.15, 0.2) is 0 Å². The van der Waals surface area contributed by atoms with Gasteiger partial charge < -0.3 is 19.5 Å². The topological polar surface area (TPSA) is 62.2 Å². The van der Waals surface area contributed by atoms with Crippen LogP contribution in [0.1, 0.15) is 82.2 Å². The largest absolute Gasteiger partial charge is 0.496 e. The molecule has 2 aliphatic rings. The Kier molecular flexibility index (Phi) is 9.25. The lowest BCUT2D eigenvalue weighted by Gasteiger charge is -2.36. The Morgan fingerprint density at radius 3 is 2.18 bits per heavy atom. The summed E-state index contributed by atoms with van der Waals surface area (Å²) >= 11 is 0. The highest BCUT2D eigenvalue weighted by Crippen LogP contribution is 2.47. The molecule has 6 nitrogen and oxygen atoms in total. The molecule has 1 aliphatic carbocycles. The van der Waals surface area contributed by atoms with Gasteiger partial charge in [-0.25, -0.2) is 4.79 Å². The van der Waals surface area contributed by atoms with Crippen molar-refractivity contribution < 1.29 is 45.7 Å². The fourth-order valence-electron chi connectivity index (χ4n) is 6.24. The lowest BCUT2D eigenvalue weighted by Crippen LogP contribution is -2.36. The van der Waals surface area contributed by atoms with E-state index in [0.717, 1.165) is 28.8 Å². The Bertz CT molecular complexity index is 1430. The summed E-state index contributed by atoms with van der Waals surface area (Å²) in [7, 11) is 3.42. The maximum Gasteiger partial charge on any atom is 0.416 e. The first kappa shape index (κ1) is 34.5. The molecule has 1 N–H and O–H groups in total. The molecule has 1 aliphatic heterocycles. The van der Waals surface area contributed by atoms with Crippen molar-refractivity contribution in [1.82, 2.24) is 4.90 Å². The predicted octanol–water partition coefficient (Wildman–Crippen LogP) is 8.49. The number of methoxy groups -OCH3 is 1. The highest BCUT2D eigenvalue weighted by atomic mass is 19.4. The second kappa shape index (κ2) is 12.1. The number of benzene rings is 2. The molecule has 1 saturated heterocycles. The number of ether oxygens (including phenoxy) is 2. The second-order valence-corrected chi connectivity index (χ2v) is 13.5. The van der Waals surface area contributed by atoms with Gasteiger partial charge in [-0.1, -0.05) is 13.8 Å². The molecule has 1 fully saturated rings. The molecule has 45 heavy (non-hydrogen) atoms. The third kappa shape index (κ3) is 7.88. The van der Waals surface area contributed by atoms with Crippen LogP contribution in [0.3, 0.4) is 0 Å². The fraction of sp³-hybridized carbons (Fsp3) is 0.545. The van der Waals surface area contributed by atoms with E-state index in [-0.39, 0.29) is 23.6 Å². The summed E-state index contributed by atoms with van der Waals surface area (Å²) < 4.78 is 92.5. The number of cyclic esters (lactones) is 1. The molecule has 0 aromatic heterocycles. The minimum absolute atomic E-state index is 0.0599. The lowest BCUT2D eigenvalue weighted by molar-refractivity contribution is -0.143. The van der Waals surface area contributed by atoms with E-state index in [4.69, 9.17) is 9.47 Å². The third-order valence-corrected chi connectivity index (χ3v) is 8.44. The number of amides is 1. The van der Waals surface area contributed by atoms with Crippen LogP contribution in [-0.4, -0.2) is 55.0 Å². The number of carbonyl (C=O) groups excluding carboxylic acids is 1. The van der Waals surface area contributed by atoms with Gasteiger partial charge >= 0.3 is 18.4 Å². The number of anilines is 1. The van der Waals surface area contributed by atoms with E-state index in [9.17, 15) is 36.2 Å². The summed E-state index contributed by atoms with van der Waals surface area (Å²) in [6.07, 6.45) is -10.1. The summed E-state index contributed by atoms with van der Waals surface area (Å²) in [6, 6.07) is 6.12. The van der Waals surface area contributed by atoms with Crippen LogP contribution in [-0.2, 0) is 17.1 Å². The molecule has 0 saturated carbocycles. The van der Waals surface area contributed by atoms with Gasteiger partial charge in [-0.2, -0.15) is 26.3 Å². The van der Waals surface area contributed by atoms with Crippen LogP contribution in [0.2, 0.25) is 0 Å². The molecule has 0 radical (unpaired) electrons. The minimum atomic E-state index is -5.02. The molecule has 2 aromatic carbocycles. The number of hydrogen-bond donors (Lipinski definition) is 1. The van der Waals surface area contributed by atoms with Gasteiger partial charge in [-0.3, -0.25) is 4.90 Å². The number of carbonyl (C=O) groups is 1. The summed E-state index contributed by atoms with van der Waals surface area (Å²) in [5.41, 5.74) is -0.876.